The van der Waals surface area contributed by atoms with Gasteiger partial charge in [-0.3, -0.25) is 9.36 Å². The van der Waals surface area contributed by atoms with Crippen molar-refractivity contribution in [1.29, 1.82) is 0 Å². The Hall–Kier alpha value is -3.91. The Morgan fingerprint density at radius 3 is 2.41 bits per heavy atom. The summed E-state index contributed by atoms with van der Waals surface area (Å²) < 4.78 is 19.8. The maximum atomic E-state index is 14.4. The molecule has 44 heavy (non-hydrogen) atoms. The molecule has 0 bridgehead atoms. The second-order valence-corrected chi connectivity index (χ2v) is 12.9. The van der Waals surface area contributed by atoms with Crippen LogP contribution in [0.1, 0.15) is 51.8 Å². The van der Waals surface area contributed by atoms with Crippen LogP contribution in [-0.2, 0) is 36.0 Å². The molecule has 0 spiro atoms. The van der Waals surface area contributed by atoms with E-state index >= 15 is 0 Å². The van der Waals surface area contributed by atoms with Crippen LogP contribution in [0.4, 0.5) is 0 Å². The summed E-state index contributed by atoms with van der Waals surface area (Å²) in [5.74, 6) is -0.449. The van der Waals surface area contributed by atoms with E-state index in [1.165, 1.54) is 54.4 Å². The zero-order chi connectivity index (χ0) is 32.4. The van der Waals surface area contributed by atoms with Crippen LogP contribution in [-0.4, -0.2) is 63.8 Å². The lowest BCUT2D eigenvalue weighted by molar-refractivity contribution is -0.164. The number of hydrogen-bond acceptors (Lipinski definition) is 11. The average molecular weight is 627 g/mol. The van der Waals surface area contributed by atoms with Crippen LogP contribution in [0.25, 0.3) is 21.0 Å². The van der Waals surface area contributed by atoms with E-state index < -0.39 is 40.6 Å². The second kappa shape index (κ2) is 13.0. The van der Waals surface area contributed by atoms with Crippen molar-refractivity contribution in [3.63, 3.8) is 0 Å². The molecule has 4 rings (SSSR count). The van der Waals surface area contributed by atoms with E-state index in [0.29, 0.717) is 33.0 Å². The molecule has 0 N–H and O–H groups in total. The Morgan fingerprint density at radius 2 is 1.84 bits per heavy atom. The van der Waals surface area contributed by atoms with Gasteiger partial charge in [0.05, 0.1) is 36.7 Å². The summed E-state index contributed by atoms with van der Waals surface area (Å²) in [5.41, 5.74) is -2.67. The first-order valence-electron chi connectivity index (χ1n) is 14.0. The topological polar surface area (TPSA) is 135 Å². The Bertz CT molecular complexity index is 1730. The molecule has 0 fully saturated rings. The number of oxazole rings is 1. The number of esters is 1. The third-order valence-electron chi connectivity index (χ3n) is 7.06. The molecule has 3 aromatic heterocycles. The summed E-state index contributed by atoms with van der Waals surface area (Å²) in [6.45, 7) is 9.88. The molecule has 1 aromatic carbocycles. The van der Waals surface area contributed by atoms with Gasteiger partial charge in [0.25, 0.3) is 5.56 Å². The molecule has 0 aliphatic rings. The van der Waals surface area contributed by atoms with Crippen LogP contribution < -0.4 is 11.2 Å². The van der Waals surface area contributed by atoms with Gasteiger partial charge in [0.15, 0.2) is 0 Å². The fourth-order valence-corrected chi connectivity index (χ4v) is 5.99. The highest BCUT2D eigenvalue weighted by molar-refractivity contribution is 7.22. The Balaban J connectivity index is 1.98. The number of ether oxygens (including phenoxy) is 2. The van der Waals surface area contributed by atoms with Crippen molar-refractivity contribution in [3.8, 4) is 10.8 Å². The first-order chi connectivity index (χ1) is 20.7. The number of hydrogen-bond donors (Lipinski definition) is 0. The van der Waals surface area contributed by atoms with Crippen molar-refractivity contribution in [2.75, 3.05) is 20.7 Å². The summed E-state index contributed by atoms with van der Waals surface area (Å²) in [5, 5.41) is 1.69. The maximum absolute atomic E-state index is 14.4. The van der Waals surface area contributed by atoms with Crippen LogP contribution in [0, 0.1) is 6.92 Å². The molecule has 0 radical (unpaired) electrons. The summed E-state index contributed by atoms with van der Waals surface area (Å²) in [6.07, 6.45) is 1.87. The number of likely N-dealkylation sites (N-methyl/N-ethyl adjacent to an activating group) is 1. The van der Waals surface area contributed by atoms with Gasteiger partial charge in [0.2, 0.25) is 5.89 Å². The monoisotopic (exact) mass is 626 g/mol. The number of aryl methyl sites for hydroxylation is 1. The quantitative estimate of drug-likeness (QED) is 0.129. The molecule has 3 heterocycles. The van der Waals surface area contributed by atoms with E-state index in [-0.39, 0.29) is 18.5 Å². The minimum absolute atomic E-state index is 0.0873. The Labute approximate surface area is 258 Å². The Kier molecular flexibility index (Phi) is 9.74. The van der Waals surface area contributed by atoms with Gasteiger partial charge < -0.3 is 23.5 Å². The standard InChI is InChI=1S/C31H38N4O8S/c1-19-23-26(37)35(31(5,6)28(38)43-30(2,3)4)29(39)34(27(23)44-24(19)25-32-14-15-41-25)17-22(20-12-10-9-11-13-20)42-21(18-36)16-33(7)40-8/h9-15,18,21-22H,16-17H2,1-8H3. The first kappa shape index (κ1) is 33.0. The van der Waals surface area contributed by atoms with E-state index in [0.717, 1.165) is 4.57 Å². The molecular formula is C31H38N4O8S. The summed E-state index contributed by atoms with van der Waals surface area (Å²) in [7, 11) is 3.14. The van der Waals surface area contributed by atoms with Gasteiger partial charge in [-0.25, -0.2) is 19.1 Å². The van der Waals surface area contributed by atoms with Gasteiger partial charge in [-0.2, -0.15) is 5.06 Å². The molecule has 0 aliphatic heterocycles. The number of hydroxylamine groups is 2. The van der Waals surface area contributed by atoms with Crippen molar-refractivity contribution >= 4 is 33.8 Å². The van der Waals surface area contributed by atoms with Crippen LogP contribution in [0.2, 0.25) is 0 Å². The van der Waals surface area contributed by atoms with E-state index in [2.05, 4.69) is 4.98 Å². The van der Waals surface area contributed by atoms with Crippen molar-refractivity contribution < 1.29 is 28.3 Å². The van der Waals surface area contributed by atoms with Gasteiger partial charge in [0.1, 0.15) is 40.7 Å². The van der Waals surface area contributed by atoms with Crippen molar-refractivity contribution in [2.45, 2.75) is 71.4 Å². The van der Waals surface area contributed by atoms with E-state index in [9.17, 15) is 19.2 Å². The fraction of sp³-hybridized carbons (Fsp3) is 0.452. The third-order valence-corrected chi connectivity index (χ3v) is 8.36. The van der Waals surface area contributed by atoms with Crippen LogP contribution in [0.5, 0.6) is 0 Å². The molecule has 0 aliphatic carbocycles. The van der Waals surface area contributed by atoms with E-state index in [1.54, 1.807) is 34.7 Å². The van der Waals surface area contributed by atoms with Gasteiger partial charge in [0, 0.05) is 7.05 Å². The number of aldehydes is 1. The largest absolute Gasteiger partial charge is 0.458 e. The lowest BCUT2D eigenvalue weighted by Gasteiger charge is -2.30. The van der Waals surface area contributed by atoms with Gasteiger partial charge in [-0.15, -0.1) is 11.3 Å². The van der Waals surface area contributed by atoms with E-state index in [1.807, 2.05) is 30.3 Å². The third kappa shape index (κ3) is 6.75. The molecule has 0 amide bonds. The fourth-order valence-electron chi connectivity index (χ4n) is 4.75. The molecule has 4 aromatic rings. The number of carbonyl (C=O) groups excluding carboxylic acids is 2. The summed E-state index contributed by atoms with van der Waals surface area (Å²) in [4.78, 5) is 64.4. The van der Waals surface area contributed by atoms with Crippen molar-refractivity contribution in [1.82, 2.24) is 19.2 Å². The lowest BCUT2D eigenvalue weighted by Crippen LogP contribution is -2.54. The number of benzene rings is 1. The van der Waals surface area contributed by atoms with Gasteiger partial charge >= 0.3 is 11.7 Å². The van der Waals surface area contributed by atoms with Crippen molar-refractivity contribution in [3.05, 3.63) is 74.8 Å². The molecular weight excluding hydrogens is 588 g/mol. The van der Waals surface area contributed by atoms with Crippen LogP contribution >= 0.6 is 11.3 Å². The predicted octanol–water partition coefficient (Wildman–Crippen LogP) is 4.08. The summed E-state index contributed by atoms with van der Waals surface area (Å²) in [6, 6.07) is 9.14. The zero-order valence-corrected chi connectivity index (χ0v) is 27.0. The minimum Gasteiger partial charge on any atom is -0.458 e. The van der Waals surface area contributed by atoms with Gasteiger partial charge in [-0.05, 0) is 52.7 Å². The molecule has 13 heteroatoms. The predicted molar refractivity (Wildman–Crippen MR) is 166 cm³/mol. The van der Waals surface area contributed by atoms with Crippen molar-refractivity contribution in [2.24, 2.45) is 0 Å². The first-order valence-corrected chi connectivity index (χ1v) is 14.8. The normalized spacial score (nSPS) is 13.8. The molecule has 236 valence electrons. The Morgan fingerprint density at radius 1 is 1.16 bits per heavy atom. The molecule has 2 atom stereocenters. The number of thiophene rings is 1. The number of carbonyl (C=O) groups is 2. The summed E-state index contributed by atoms with van der Waals surface area (Å²) >= 11 is 1.17. The molecule has 0 saturated carbocycles. The van der Waals surface area contributed by atoms with Gasteiger partial charge in [-0.1, -0.05) is 30.3 Å². The minimum atomic E-state index is -1.68. The lowest BCUT2D eigenvalue weighted by atomic mass is 10.0. The van der Waals surface area contributed by atoms with E-state index in [4.69, 9.17) is 18.7 Å². The highest BCUT2D eigenvalue weighted by Crippen LogP contribution is 2.36. The number of rotatable bonds is 12. The maximum Gasteiger partial charge on any atom is 0.333 e. The average Bonchev–Trinajstić information content (AvgIpc) is 3.61. The molecule has 12 nitrogen and oxygen atoms in total. The highest BCUT2D eigenvalue weighted by atomic mass is 32.1. The second-order valence-electron chi connectivity index (χ2n) is 11.9. The highest BCUT2D eigenvalue weighted by Gasteiger charge is 2.39. The SMILES string of the molecule is CON(C)CC(C=O)OC(Cn1c(=O)n(C(C)(C)C(=O)OC(C)(C)C)c(=O)c2c(C)c(-c3ncco3)sc21)c1ccccc1. The number of fused-ring (bicyclic) bond motifs is 1. The zero-order valence-electron chi connectivity index (χ0n) is 26.2. The van der Waals surface area contributed by atoms with Crippen LogP contribution in [0.3, 0.4) is 0 Å². The number of aromatic nitrogens is 3. The number of nitrogens with zero attached hydrogens (tertiary/aromatic N) is 4. The van der Waals surface area contributed by atoms with Crippen LogP contribution in [0.15, 0.2) is 56.8 Å². The molecule has 2 unspecified atom stereocenters. The smallest absolute Gasteiger partial charge is 0.333 e. The molecule has 0 saturated heterocycles.